The van der Waals surface area contributed by atoms with Gasteiger partial charge in [0.1, 0.15) is 0 Å². The summed E-state index contributed by atoms with van der Waals surface area (Å²) in [6.45, 7) is 5.42. The fraction of sp³-hybridized carbons (Fsp3) is 0.533. The molecule has 1 aromatic rings. The molecule has 0 aromatic heterocycles. The first-order valence-electron chi connectivity index (χ1n) is 6.57. The quantitative estimate of drug-likeness (QED) is 0.822. The van der Waals surface area contributed by atoms with E-state index in [0.29, 0.717) is 6.42 Å². The summed E-state index contributed by atoms with van der Waals surface area (Å²) < 4.78 is 0. The zero-order chi connectivity index (χ0) is 15.3. The number of carbonyl (C=O) groups is 1. The molecule has 20 heavy (non-hydrogen) atoms. The van der Waals surface area contributed by atoms with E-state index in [4.69, 9.17) is 11.6 Å². The minimum atomic E-state index is -1.05. The molecular formula is C15H22ClNO3. The van der Waals surface area contributed by atoms with Gasteiger partial charge in [0.25, 0.3) is 0 Å². The topological polar surface area (TPSA) is 60.8 Å². The van der Waals surface area contributed by atoms with E-state index in [1.165, 1.54) is 4.90 Å². The predicted molar refractivity (Wildman–Crippen MR) is 80.3 cm³/mol. The summed E-state index contributed by atoms with van der Waals surface area (Å²) in [6.07, 6.45) is -1.53. The first-order chi connectivity index (χ1) is 9.27. The van der Waals surface area contributed by atoms with Crippen molar-refractivity contribution in [2.75, 3.05) is 5.88 Å². The largest absolute Gasteiger partial charge is 0.465 e. The van der Waals surface area contributed by atoms with Gasteiger partial charge in [-0.25, -0.2) is 4.79 Å². The summed E-state index contributed by atoms with van der Waals surface area (Å²) in [5.74, 6) is -0.00262. The van der Waals surface area contributed by atoms with Crippen LogP contribution in [-0.4, -0.2) is 44.8 Å². The molecule has 5 heteroatoms. The molecule has 0 bridgehead atoms. The fourth-order valence-electron chi connectivity index (χ4n) is 2.28. The number of aliphatic hydroxyl groups is 1. The molecule has 2 atom stereocenters. The van der Waals surface area contributed by atoms with E-state index in [1.54, 1.807) is 20.8 Å². The maximum atomic E-state index is 11.6. The van der Waals surface area contributed by atoms with Crippen LogP contribution < -0.4 is 0 Å². The van der Waals surface area contributed by atoms with E-state index >= 15 is 0 Å². The zero-order valence-corrected chi connectivity index (χ0v) is 12.8. The molecule has 4 nitrogen and oxygen atoms in total. The Hall–Kier alpha value is -1.26. The summed E-state index contributed by atoms with van der Waals surface area (Å²) >= 11 is 5.74. The van der Waals surface area contributed by atoms with Crippen LogP contribution in [0.3, 0.4) is 0 Å². The summed E-state index contributed by atoms with van der Waals surface area (Å²) in [5, 5.41) is 19.6. The van der Waals surface area contributed by atoms with E-state index in [0.717, 1.165) is 5.56 Å². The maximum absolute atomic E-state index is 11.6. The van der Waals surface area contributed by atoms with E-state index < -0.39 is 23.8 Å². The molecule has 1 amide bonds. The zero-order valence-electron chi connectivity index (χ0n) is 12.1. The van der Waals surface area contributed by atoms with Crippen LogP contribution in [0, 0.1) is 0 Å². The molecule has 0 saturated heterocycles. The molecule has 0 aliphatic heterocycles. The summed E-state index contributed by atoms with van der Waals surface area (Å²) in [6, 6.07) is 8.93. The summed E-state index contributed by atoms with van der Waals surface area (Å²) in [5.41, 5.74) is 0.357. The van der Waals surface area contributed by atoms with Gasteiger partial charge in [0.2, 0.25) is 0 Å². The lowest BCUT2D eigenvalue weighted by atomic mass is 9.95. The first-order valence-corrected chi connectivity index (χ1v) is 7.11. The second kappa shape index (κ2) is 6.95. The smallest absolute Gasteiger partial charge is 0.408 e. The number of alkyl halides is 1. The van der Waals surface area contributed by atoms with Gasteiger partial charge < -0.3 is 10.2 Å². The molecule has 2 N–H and O–H groups in total. The van der Waals surface area contributed by atoms with Gasteiger partial charge >= 0.3 is 6.09 Å². The average Bonchev–Trinajstić information content (AvgIpc) is 2.36. The van der Waals surface area contributed by atoms with Gasteiger partial charge in [-0.15, -0.1) is 11.6 Å². The molecule has 0 heterocycles. The summed E-state index contributed by atoms with van der Waals surface area (Å²) in [7, 11) is 0. The van der Waals surface area contributed by atoms with Crippen molar-refractivity contribution in [3.63, 3.8) is 0 Å². The molecule has 0 fully saturated rings. The number of rotatable bonds is 5. The van der Waals surface area contributed by atoms with Gasteiger partial charge in [0, 0.05) is 5.54 Å². The van der Waals surface area contributed by atoms with E-state index in [-0.39, 0.29) is 5.88 Å². The highest BCUT2D eigenvalue weighted by molar-refractivity contribution is 6.18. The lowest BCUT2D eigenvalue weighted by molar-refractivity contribution is 0.0158. The molecule has 0 aliphatic carbocycles. The Kier molecular flexibility index (Phi) is 5.84. The first kappa shape index (κ1) is 16.8. The lowest BCUT2D eigenvalue weighted by Gasteiger charge is -2.41. The van der Waals surface area contributed by atoms with E-state index in [1.807, 2.05) is 30.3 Å². The molecule has 1 unspecified atom stereocenters. The number of amides is 1. The second-order valence-electron chi connectivity index (χ2n) is 5.80. The maximum Gasteiger partial charge on any atom is 0.408 e. The third kappa shape index (κ3) is 4.39. The normalized spacial score (nSPS) is 14.7. The Balaban J connectivity index is 3.07. The lowest BCUT2D eigenvalue weighted by Crippen LogP contribution is -2.56. The van der Waals surface area contributed by atoms with Crippen molar-refractivity contribution in [3.05, 3.63) is 35.9 Å². The third-order valence-electron chi connectivity index (χ3n) is 3.15. The highest BCUT2D eigenvalue weighted by Crippen LogP contribution is 2.23. The number of halogens is 1. The molecule has 0 spiro atoms. The van der Waals surface area contributed by atoms with Crippen LogP contribution in [0.2, 0.25) is 0 Å². The SMILES string of the molecule is CC(C)(C)N(C(=O)O)C(Cc1ccccc1)[C@@H](O)CCl. The number of hydrogen-bond donors (Lipinski definition) is 2. The number of benzene rings is 1. The van der Waals surface area contributed by atoms with Crippen molar-refractivity contribution in [3.8, 4) is 0 Å². The Bertz CT molecular complexity index is 430. The fourth-order valence-corrected chi connectivity index (χ4v) is 2.49. The van der Waals surface area contributed by atoms with Crippen LogP contribution in [0.15, 0.2) is 30.3 Å². The van der Waals surface area contributed by atoms with Crippen molar-refractivity contribution >= 4 is 17.7 Å². The van der Waals surface area contributed by atoms with Crippen molar-refractivity contribution in [1.82, 2.24) is 4.90 Å². The molecule has 112 valence electrons. The minimum absolute atomic E-state index is 0.00262. The number of aliphatic hydroxyl groups excluding tert-OH is 1. The Morgan fingerprint density at radius 2 is 1.85 bits per heavy atom. The van der Waals surface area contributed by atoms with Crippen molar-refractivity contribution in [1.29, 1.82) is 0 Å². The molecule has 0 saturated carbocycles. The van der Waals surface area contributed by atoms with Crippen LogP contribution in [0.5, 0.6) is 0 Å². The highest BCUT2D eigenvalue weighted by atomic mass is 35.5. The monoisotopic (exact) mass is 299 g/mol. The van der Waals surface area contributed by atoms with Gasteiger partial charge in [-0.1, -0.05) is 30.3 Å². The van der Waals surface area contributed by atoms with Crippen LogP contribution in [0.1, 0.15) is 26.3 Å². The predicted octanol–water partition coefficient (Wildman–Crippen LogP) is 2.98. The number of nitrogens with zero attached hydrogens (tertiary/aromatic N) is 1. The van der Waals surface area contributed by atoms with Crippen molar-refractivity contribution in [2.45, 2.75) is 44.9 Å². The van der Waals surface area contributed by atoms with Crippen LogP contribution in [0.4, 0.5) is 4.79 Å². The van der Waals surface area contributed by atoms with Crippen LogP contribution in [0.25, 0.3) is 0 Å². The molecule has 0 aliphatic rings. The van der Waals surface area contributed by atoms with Gasteiger partial charge in [-0.2, -0.15) is 0 Å². The van der Waals surface area contributed by atoms with Gasteiger partial charge in [0.15, 0.2) is 0 Å². The van der Waals surface area contributed by atoms with E-state index in [9.17, 15) is 15.0 Å². The highest BCUT2D eigenvalue weighted by Gasteiger charge is 2.36. The molecule has 1 rings (SSSR count). The average molecular weight is 300 g/mol. The molecular weight excluding hydrogens is 278 g/mol. The standard InChI is InChI=1S/C15H22ClNO3/c1-15(2,3)17(14(19)20)12(13(18)10-16)9-11-7-5-4-6-8-11/h4-8,12-13,18H,9-10H2,1-3H3,(H,19,20)/t12?,13-/m0/s1. The van der Waals surface area contributed by atoms with Crippen LogP contribution in [-0.2, 0) is 6.42 Å². The van der Waals surface area contributed by atoms with Gasteiger partial charge in [-0.3, -0.25) is 4.90 Å². The van der Waals surface area contributed by atoms with Crippen molar-refractivity contribution < 1.29 is 15.0 Å². The second-order valence-corrected chi connectivity index (χ2v) is 6.11. The van der Waals surface area contributed by atoms with Crippen LogP contribution >= 0.6 is 11.6 Å². The minimum Gasteiger partial charge on any atom is -0.465 e. The third-order valence-corrected chi connectivity index (χ3v) is 3.47. The number of hydrogen-bond acceptors (Lipinski definition) is 2. The Morgan fingerprint density at radius 3 is 2.25 bits per heavy atom. The Labute approximate surface area is 125 Å². The van der Waals surface area contributed by atoms with Gasteiger partial charge in [-0.05, 0) is 32.8 Å². The summed E-state index contributed by atoms with van der Waals surface area (Å²) in [4.78, 5) is 12.9. The van der Waals surface area contributed by atoms with Crippen molar-refractivity contribution in [2.24, 2.45) is 0 Å². The van der Waals surface area contributed by atoms with Gasteiger partial charge in [0.05, 0.1) is 18.0 Å². The molecule has 1 aromatic carbocycles. The van der Waals surface area contributed by atoms with E-state index in [2.05, 4.69) is 0 Å². The Morgan fingerprint density at radius 1 is 1.30 bits per heavy atom. The number of carboxylic acid groups (broad SMARTS) is 1. The molecule has 0 radical (unpaired) electrons.